The number of aliphatic hydroxyl groups excluding tert-OH is 1. The molecule has 3 aromatic rings. The molecule has 29 heavy (non-hydrogen) atoms. The highest BCUT2D eigenvalue weighted by atomic mass is 16.5. The van der Waals surface area contributed by atoms with Gasteiger partial charge in [-0.3, -0.25) is 0 Å². The Bertz CT molecular complexity index is 926. The average Bonchev–Trinajstić information content (AvgIpc) is 2.74. The van der Waals surface area contributed by atoms with Gasteiger partial charge in [-0.25, -0.2) is 9.78 Å². The Kier molecular flexibility index (Phi) is 6.78. The zero-order valence-electron chi connectivity index (χ0n) is 15.8. The Morgan fingerprint density at radius 3 is 2.28 bits per heavy atom. The molecule has 1 atom stereocenters. The molecule has 0 aliphatic carbocycles. The molecule has 7 heteroatoms. The van der Waals surface area contributed by atoms with Crippen molar-refractivity contribution in [1.29, 1.82) is 0 Å². The van der Waals surface area contributed by atoms with Gasteiger partial charge in [-0.2, -0.15) is 0 Å². The summed E-state index contributed by atoms with van der Waals surface area (Å²) in [6.45, 7) is 1.43. The fourth-order valence-corrected chi connectivity index (χ4v) is 2.76. The number of carbonyl (C=O) groups is 1. The van der Waals surface area contributed by atoms with E-state index in [0.717, 1.165) is 16.9 Å². The number of aromatic nitrogens is 1. The molecule has 5 N–H and O–H groups in total. The Hall–Kier alpha value is -3.42. The number of carboxylic acid groups (broad SMARTS) is 1. The van der Waals surface area contributed by atoms with Crippen molar-refractivity contribution in [2.75, 3.05) is 25.4 Å². The Balaban J connectivity index is 1.42. The SMILES string of the molecule is Nc1ccc([C@@H](O)CNCCOc2ccc(-c3ccc(C(=O)O)cc3)cc2)cn1. The highest BCUT2D eigenvalue weighted by Gasteiger charge is 2.07. The van der Waals surface area contributed by atoms with Crippen molar-refractivity contribution < 1.29 is 19.7 Å². The van der Waals surface area contributed by atoms with Crippen LogP contribution in [0.15, 0.2) is 66.9 Å². The Morgan fingerprint density at radius 1 is 1.03 bits per heavy atom. The van der Waals surface area contributed by atoms with Gasteiger partial charge in [0, 0.05) is 24.8 Å². The molecule has 0 aliphatic heterocycles. The van der Waals surface area contributed by atoms with Crippen molar-refractivity contribution >= 4 is 11.8 Å². The number of nitrogens with two attached hydrogens (primary N) is 1. The average molecular weight is 393 g/mol. The van der Waals surface area contributed by atoms with Gasteiger partial charge in [0.05, 0.1) is 11.7 Å². The van der Waals surface area contributed by atoms with Crippen LogP contribution in [0.5, 0.6) is 5.75 Å². The predicted molar refractivity (Wildman–Crippen MR) is 111 cm³/mol. The van der Waals surface area contributed by atoms with Crippen LogP contribution in [-0.2, 0) is 0 Å². The van der Waals surface area contributed by atoms with Crippen LogP contribution in [0.4, 0.5) is 5.82 Å². The summed E-state index contributed by atoms with van der Waals surface area (Å²) < 4.78 is 5.70. The first-order chi connectivity index (χ1) is 14.0. The first kappa shape index (κ1) is 20.3. The number of carboxylic acids is 1. The predicted octanol–water partition coefficient (Wildman–Crippen LogP) is 2.73. The monoisotopic (exact) mass is 393 g/mol. The molecule has 2 aromatic carbocycles. The number of hydrogen-bond acceptors (Lipinski definition) is 6. The van der Waals surface area contributed by atoms with E-state index in [9.17, 15) is 9.90 Å². The number of anilines is 1. The number of aromatic carboxylic acids is 1. The lowest BCUT2D eigenvalue weighted by molar-refractivity contribution is 0.0697. The summed E-state index contributed by atoms with van der Waals surface area (Å²) in [5.41, 5.74) is 8.42. The van der Waals surface area contributed by atoms with Crippen LogP contribution in [0.25, 0.3) is 11.1 Å². The molecule has 3 rings (SSSR count). The second-order valence-electron chi connectivity index (χ2n) is 6.49. The number of nitrogen functional groups attached to an aromatic ring is 1. The summed E-state index contributed by atoms with van der Waals surface area (Å²) in [6, 6.07) is 17.7. The standard InChI is InChI=1S/C22H23N3O4/c23-21-10-7-18(13-25-21)20(26)14-24-11-12-29-19-8-5-16(6-9-19)15-1-3-17(4-2-15)22(27)28/h1-10,13,20,24,26H,11-12,14H2,(H2,23,25)(H,27,28)/t20-/m0/s1. The zero-order valence-corrected chi connectivity index (χ0v) is 15.8. The second kappa shape index (κ2) is 9.68. The third-order valence-electron chi connectivity index (χ3n) is 4.40. The van der Waals surface area contributed by atoms with Gasteiger partial charge in [-0.15, -0.1) is 0 Å². The van der Waals surface area contributed by atoms with Gasteiger partial charge in [0.15, 0.2) is 0 Å². The molecule has 0 saturated carbocycles. The lowest BCUT2D eigenvalue weighted by atomic mass is 10.0. The summed E-state index contributed by atoms with van der Waals surface area (Å²) in [4.78, 5) is 14.9. The molecule has 0 radical (unpaired) electrons. The normalized spacial score (nSPS) is 11.8. The molecule has 1 heterocycles. The summed E-state index contributed by atoms with van der Waals surface area (Å²) in [7, 11) is 0. The van der Waals surface area contributed by atoms with Crippen LogP contribution >= 0.6 is 0 Å². The van der Waals surface area contributed by atoms with Gasteiger partial charge in [0.25, 0.3) is 0 Å². The smallest absolute Gasteiger partial charge is 0.335 e. The number of ether oxygens (including phenoxy) is 1. The van der Waals surface area contributed by atoms with E-state index in [1.165, 1.54) is 0 Å². The Morgan fingerprint density at radius 2 is 1.69 bits per heavy atom. The third-order valence-corrected chi connectivity index (χ3v) is 4.40. The number of pyridine rings is 1. The molecule has 0 spiro atoms. The van der Waals surface area contributed by atoms with Gasteiger partial charge in [-0.1, -0.05) is 30.3 Å². The van der Waals surface area contributed by atoms with Gasteiger partial charge in [0.2, 0.25) is 0 Å². The highest BCUT2D eigenvalue weighted by molar-refractivity contribution is 5.88. The summed E-state index contributed by atoms with van der Waals surface area (Å²) in [5, 5.41) is 22.2. The first-order valence-corrected chi connectivity index (χ1v) is 9.20. The minimum absolute atomic E-state index is 0.263. The minimum atomic E-state index is -0.938. The van der Waals surface area contributed by atoms with Gasteiger partial charge < -0.3 is 26.0 Å². The molecule has 0 aliphatic rings. The number of benzene rings is 2. The van der Waals surface area contributed by atoms with Crippen LogP contribution in [0.1, 0.15) is 22.0 Å². The lowest BCUT2D eigenvalue weighted by Crippen LogP contribution is -2.26. The molecule has 0 amide bonds. The third kappa shape index (κ3) is 5.78. The number of hydrogen-bond donors (Lipinski definition) is 4. The number of nitrogens with one attached hydrogen (secondary N) is 1. The second-order valence-corrected chi connectivity index (χ2v) is 6.49. The van der Waals surface area contributed by atoms with Crippen molar-refractivity contribution in [3.8, 4) is 16.9 Å². The van der Waals surface area contributed by atoms with Crippen LogP contribution < -0.4 is 15.8 Å². The summed E-state index contributed by atoms with van der Waals surface area (Å²) in [5.74, 6) is 0.221. The van der Waals surface area contributed by atoms with Gasteiger partial charge in [0.1, 0.15) is 18.2 Å². The van der Waals surface area contributed by atoms with E-state index >= 15 is 0 Å². The van der Waals surface area contributed by atoms with E-state index in [1.807, 2.05) is 24.3 Å². The summed E-state index contributed by atoms with van der Waals surface area (Å²) in [6.07, 6.45) is 0.907. The highest BCUT2D eigenvalue weighted by Crippen LogP contribution is 2.23. The topological polar surface area (TPSA) is 118 Å². The van der Waals surface area contributed by atoms with Crippen LogP contribution in [-0.4, -0.2) is 40.9 Å². The van der Waals surface area contributed by atoms with E-state index in [-0.39, 0.29) is 5.56 Å². The lowest BCUT2D eigenvalue weighted by Gasteiger charge is -2.13. The van der Waals surface area contributed by atoms with Crippen LogP contribution in [0.3, 0.4) is 0 Å². The van der Waals surface area contributed by atoms with Crippen molar-refractivity contribution in [3.63, 3.8) is 0 Å². The van der Waals surface area contributed by atoms with Crippen molar-refractivity contribution in [1.82, 2.24) is 10.3 Å². The molecular weight excluding hydrogens is 370 g/mol. The van der Waals surface area contributed by atoms with E-state index in [2.05, 4.69) is 10.3 Å². The van der Waals surface area contributed by atoms with Crippen molar-refractivity contribution in [2.24, 2.45) is 0 Å². The maximum absolute atomic E-state index is 10.9. The summed E-state index contributed by atoms with van der Waals surface area (Å²) >= 11 is 0. The maximum Gasteiger partial charge on any atom is 0.335 e. The zero-order chi connectivity index (χ0) is 20.6. The minimum Gasteiger partial charge on any atom is -0.492 e. The molecule has 0 saturated heterocycles. The maximum atomic E-state index is 10.9. The fourth-order valence-electron chi connectivity index (χ4n) is 2.76. The molecule has 0 bridgehead atoms. The molecule has 0 unspecified atom stereocenters. The van der Waals surface area contributed by atoms with Gasteiger partial charge in [-0.05, 0) is 41.5 Å². The number of nitrogens with zero attached hydrogens (tertiary/aromatic N) is 1. The Labute approximate surface area is 168 Å². The fraction of sp³-hybridized carbons (Fsp3) is 0.182. The molecule has 150 valence electrons. The van der Waals surface area contributed by atoms with E-state index in [0.29, 0.717) is 31.1 Å². The van der Waals surface area contributed by atoms with Crippen LogP contribution in [0, 0.1) is 0 Å². The largest absolute Gasteiger partial charge is 0.492 e. The first-order valence-electron chi connectivity index (χ1n) is 9.20. The van der Waals surface area contributed by atoms with Crippen LogP contribution in [0.2, 0.25) is 0 Å². The van der Waals surface area contributed by atoms with Crippen molar-refractivity contribution in [3.05, 3.63) is 78.0 Å². The van der Waals surface area contributed by atoms with E-state index < -0.39 is 12.1 Å². The number of aliphatic hydroxyl groups is 1. The molecule has 0 fully saturated rings. The van der Waals surface area contributed by atoms with Crippen molar-refractivity contribution in [2.45, 2.75) is 6.10 Å². The van der Waals surface area contributed by atoms with E-state index in [1.54, 1.807) is 42.6 Å². The molecule has 7 nitrogen and oxygen atoms in total. The van der Waals surface area contributed by atoms with E-state index in [4.69, 9.17) is 15.6 Å². The quantitative estimate of drug-likeness (QED) is 0.413. The molecule has 1 aromatic heterocycles. The van der Waals surface area contributed by atoms with Gasteiger partial charge >= 0.3 is 5.97 Å². The number of rotatable bonds is 9. The molecular formula is C22H23N3O4.